The molecule has 21 heavy (non-hydrogen) atoms. The first-order valence-corrected chi connectivity index (χ1v) is 8.52. The molecule has 8 heteroatoms. The van der Waals surface area contributed by atoms with Crippen LogP contribution >= 0.6 is 11.3 Å². The second kappa shape index (κ2) is 4.42. The first-order valence-electron chi connectivity index (χ1n) is 6.16. The Morgan fingerprint density at radius 2 is 1.95 bits per heavy atom. The van der Waals surface area contributed by atoms with Gasteiger partial charge in [-0.2, -0.15) is 0 Å². The third-order valence-corrected chi connectivity index (χ3v) is 5.85. The summed E-state index contributed by atoms with van der Waals surface area (Å²) in [6.45, 7) is 0. The smallest absolute Gasteiger partial charge is 0.226 e. The van der Waals surface area contributed by atoms with Gasteiger partial charge in [-0.3, -0.25) is 5.43 Å². The van der Waals surface area contributed by atoms with Crippen LogP contribution in [0.1, 0.15) is 5.56 Å². The molecule has 0 saturated heterocycles. The lowest BCUT2D eigenvalue weighted by atomic mass is 10.3. The fourth-order valence-corrected chi connectivity index (χ4v) is 4.36. The topological polar surface area (TPSA) is 73.8 Å². The van der Waals surface area contributed by atoms with Gasteiger partial charge < -0.3 is 0 Å². The molecule has 0 radical (unpaired) electrons. The number of nitrogens with one attached hydrogen (secondary N) is 2. The number of anilines is 1. The lowest BCUT2D eigenvalue weighted by Gasteiger charge is -2.19. The molecular formula is C13H10N4O2S2. The van der Waals surface area contributed by atoms with Crippen LogP contribution in [0.25, 0.3) is 0 Å². The minimum atomic E-state index is -3.64. The van der Waals surface area contributed by atoms with E-state index in [2.05, 4.69) is 16.0 Å². The van der Waals surface area contributed by atoms with E-state index in [1.807, 2.05) is 11.4 Å². The van der Waals surface area contributed by atoms with Crippen molar-refractivity contribution in [2.45, 2.75) is 4.90 Å². The number of rotatable bonds is 2. The van der Waals surface area contributed by atoms with Crippen LogP contribution in [0.3, 0.4) is 0 Å². The molecule has 0 saturated carbocycles. The Labute approximate surface area is 125 Å². The summed E-state index contributed by atoms with van der Waals surface area (Å²) < 4.78 is 25.4. The molecule has 2 aliphatic heterocycles. The van der Waals surface area contributed by atoms with Gasteiger partial charge in [0.1, 0.15) is 5.00 Å². The van der Waals surface area contributed by atoms with E-state index in [4.69, 9.17) is 0 Å². The molecule has 0 unspecified atom stereocenters. The van der Waals surface area contributed by atoms with Crippen LogP contribution in [-0.2, 0) is 9.84 Å². The van der Waals surface area contributed by atoms with Crippen molar-refractivity contribution in [1.82, 2.24) is 11.0 Å². The number of aliphatic imine (C=N–C) groups is 1. The van der Waals surface area contributed by atoms with Crippen molar-refractivity contribution in [1.29, 1.82) is 0 Å². The van der Waals surface area contributed by atoms with E-state index in [-0.39, 0.29) is 9.92 Å². The van der Waals surface area contributed by atoms with E-state index in [1.54, 1.807) is 41.6 Å². The zero-order valence-corrected chi connectivity index (χ0v) is 12.3. The van der Waals surface area contributed by atoms with Gasteiger partial charge in [-0.05, 0) is 23.6 Å². The lowest BCUT2D eigenvalue weighted by Crippen LogP contribution is -2.39. The van der Waals surface area contributed by atoms with Crippen molar-refractivity contribution < 1.29 is 8.42 Å². The van der Waals surface area contributed by atoms with Crippen molar-refractivity contribution in [3.05, 3.63) is 58.2 Å². The van der Waals surface area contributed by atoms with Gasteiger partial charge in [0.25, 0.3) is 0 Å². The highest BCUT2D eigenvalue weighted by molar-refractivity contribution is 7.95. The van der Waals surface area contributed by atoms with E-state index in [9.17, 15) is 8.42 Å². The molecule has 0 fully saturated rings. The third kappa shape index (κ3) is 1.80. The van der Waals surface area contributed by atoms with Crippen LogP contribution in [0.2, 0.25) is 0 Å². The van der Waals surface area contributed by atoms with Gasteiger partial charge in [0, 0.05) is 11.8 Å². The Bertz CT molecular complexity index is 869. The Balaban J connectivity index is 1.86. The van der Waals surface area contributed by atoms with Crippen LogP contribution in [0.4, 0.5) is 5.00 Å². The minimum Gasteiger partial charge on any atom is -0.290 e. The highest BCUT2D eigenvalue weighted by Crippen LogP contribution is 2.36. The summed E-state index contributed by atoms with van der Waals surface area (Å²) in [4.78, 5) is 4.49. The molecule has 6 nitrogen and oxygen atoms in total. The average molecular weight is 318 g/mol. The number of sulfone groups is 1. The Kier molecular flexibility index (Phi) is 2.64. The molecule has 0 aliphatic carbocycles. The molecule has 1 aromatic carbocycles. The van der Waals surface area contributed by atoms with Crippen molar-refractivity contribution in [2.75, 3.05) is 5.01 Å². The summed E-state index contributed by atoms with van der Waals surface area (Å²) >= 11 is 1.51. The van der Waals surface area contributed by atoms with Gasteiger partial charge in [0.2, 0.25) is 9.84 Å². The van der Waals surface area contributed by atoms with E-state index < -0.39 is 9.84 Å². The maximum atomic E-state index is 12.7. The summed E-state index contributed by atoms with van der Waals surface area (Å²) in [5.74, 6) is 0.355. The molecule has 4 rings (SSSR count). The SMILES string of the molecule is O=S(=O)(C1=C2N=Cc3ccsc3N2NN1)c1ccccc1. The number of hydrazine groups is 2. The van der Waals surface area contributed by atoms with Crippen molar-refractivity contribution >= 4 is 32.4 Å². The van der Waals surface area contributed by atoms with Crippen molar-refractivity contribution in [3.8, 4) is 0 Å². The number of thiophene rings is 1. The first kappa shape index (κ1) is 12.6. The highest BCUT2D eigenvalue weighted by Gasteiger charge is 2.35. The molecule has 0 bridgehead atoms. The van der Waals surface area contributed by atoms with Crippen molar-refractivity contribution in [3.63, 3.8) is 0 Å². The Morgan fingerprint density at radius 3 is 2.76 bits per heavy atom. The lowest BCUT2D eigenvalue weighted by molar-refractivity contribution is 0.593. The number of fused-ring (bicyclic) bond motifs is 3. The summed E-state index contributed by atoms with van der Waals surface area (Å²) in [6.07, 6.45) is 1.67. The zero-order valence-electron chi connectivity index (χ0n) is 10.6. The van der Waals surface area contributed by atoms with Crippen molar-refractivity contribution in [2.24, 2.45) is 4.99 Å². The molecular weight excluding hydrogens is 308 g/mol. The molecule has 2 aliphatic rings. The molecule has 0 spiro atoms. The van der Waals surface area contributed by atoms with Gasteiger partial charge in [-0.25, -0.2) is 18.4 Å². The molecule has 2 aromatic rings. The first-order chi connectivity index (χ1) is 10.2. The zero-order chi connectivity index (χ0) is 14.4. The monoisotopic (exact) mass is 318 g/mol. The molecule has 106 valence electrons. The van der Waals surface area contributed by atoms with Crippen LogP contribution in [0.5, 0.6) is 0 Å². The van der Waals surface area contributed by atoms with Crippen LogP contribution in [0.15, 0.2) is 62.5 Å². The summed E-state index contributed by atoms with van der Waals surface area (Å²) in [6, 6.07) is 10.2. The normalized spacial score (nSPS) is 16.7. The fourth-order valence-electron chi connectivity index (χ4n) is 2.21. The van der Waals surface area contributed by atoms with Gasteiger partial charge in [-0.1, -0.05) is 18.2 Å². The fraction of sp³-hybridized carbons (Fsp3) is 0. The summed E-state index contributed by atoms with van der Waals surface area (Å²) in [5, 5.41) is 4.55. The number of nitrogens with zero attached hydrogens (tertiary/aromatic N) is 2. The second-order valence-corrected chi connectivity index (χ2v) is 7.26. The van der Waals surface area contributed by atoms with E-state index in [0.29, 0.717) is 5.82 Å². The molecule has 0 amide bonds. The summed E-state index contributed by atoms with van der Waals surface area (Å²) in [7, 11) is -3.64. The molecule has 0 atom stereocenters. The van der Waals surface area contributed by atoms with E-state index in [1.165, 1.54) is 11.3 Å². The largest absolute Gasteiger partial charge is 0.290 e. The van der Waals surface area contributed by atoms with Gasteiger partial charge >= 0.3 is 0 Å². The predicted molar refractivity (Wildman–Crippen MR) is 81.3 cm³/mol. The van der Waals surface area contributed by atoms with Crippen LogP contribution in [-0.4, -0.2) is 14.6 Å². The maximum absolute atomic E-state index is 12.7. The standard InChI is InChI=1S/C13H10N4O2S2/c18-21(19,10-4-2-1-3-5-10)12-11-14-8-9-6-7-20-13(9)17(11)16-15-12/h1-8,15-16H. The Morgan fingerprint density at radius 1 is 1.14 bits per heavy atom. The molecule has 2 N–H and O–H groups in total. The van der Waals surface area contributed by atoms with Crippen LogP contribution in [0, 0.1) is 0 Å². The highest BCUT2D eigenvalue weighted by atomic mass is 32.2. The minimum absolute atomic E-state index is 0.0593. The summed E-state index contributed by atoms with van der Waals surface area (Å²) in [5.41, 5.74) is 6.54. The van der Waals surface area contributed by atoms with Gasteiger partial charge in [0.05, 0.1) is 4.90 Å². The number of benzene rings is 1. The molecule has 3 heterocycles. The molecule has 1 aromatic heterocycles. The second-order valence-electron chi connectivity index (χ2n) is 4.48. The quantitative estimate of drug-likeness (QED) is 0.880. The van der Waals surface area contributed by atoms with Gasteiger partial charge in [0.15, 0.2) is 10.9 Å². The average Bonchev–Trinajstić information content (AvgIpc) is 3.14. The Hall–Kier alpha value is -2.16. The maximum Gasteiger partial charge on any atom is 0.226 e. The van der Waals surface area contributed by atoms with Gasteiger partial charge in [-0.15, -0.1) is 16.9 Å². The predicted octanol–water partition coefficient (Wildman–Crippen LogP) is 1.61. The third-order valence-electron chi connectivity index (χ3n) is 3.22. The number of hydrogen-bond acceptors (Lipinski definition) is 7. The van der Waals surface area contributed by atoms with E-state index >= 15 is 0 Å². The number of hydrogen-bond donors (Lipinski definition) is 2. The van der Waals surface area contributed by atoms with E-state index in [0.717, 1.165) is 10.6 Å². The van der Waals surface area contributed by atoms with Crippen LogP contribution < -0.4 is 16.0 Å².